The fourth-order valence-electron chi connectivity index (χ4n) is 1.72. The van der Waals surface area contributed by atoms with Crippen LogP contribution in [0.4, 0.5) is 5.82 Å². The highest BCUT2D eigenvalue weighted by Crippen LogP contribution is 2.42. The molecule has 1 N–H and O–H groups in total. The Balaban J connectivity index is 1.80. The molecule has 0 unspecified atom stereocenters. The lowest BCUT2D eigenvalue weighted by Gasteiger charge is -2.02. The summed E-state index contributed by atoms with van der Waals surface area (Å²) in [4.78, 5) is 12.0. The van der Waals surface area contributed by atoms with Gasteiger partial charge in [0.2, 0.25) is 0 Å². The van der Waals surface area contributed by atoms with Crippen LogP contribution >= 0.6 is 0 Å². The lowest BCUT2D eigenvalue weighted by molar-refractivity contribution is 0.102. The molecule has 1 saturated carbocycles. The first-order chi connectivity index (χ1) is 8.34. The molecule has 0 aliphatic heterocycles. The molecule has 0 atom stereocenters. The predicted molar refractivity (Wildman–Crippen MR) is 60.7 cm³/mol. The SMILES string of the molecule is O=C(Nc1cccnn1)c1ccoc1C1CC1. The summed E-state index contributed by atoms with van der Waals surface area (Å²) in [5.74, 6) is 1.44. The minimum atomic E-state index is -0.193. The van der Waals surface area contributed by atoms with Gasteiger partial charge in [0.05, 0.1) is 11.8 Å². The molecule has 0 bridgehead atoms. The van der Waals surface area contributed by atoms with E-state index in [9.17, 15) is 4.79 Å². The van der Waals surface area contributed by atoms with E-state index in [1.165, 1.54) is 0 Å². The van der Waals surface area contributed by atoms with Crippen molar-refractivity contribution in [2.75, 3.05) is 5.32 Å². The molecule has 86 valence electrons. The van der Waals surface area contributed by atoms with Crippen molar-refractivity contribution in [3.05, 3.63) is 42.0 Å². The molecule has 3 rings (SSSR count). The lowest BCUT2D eigenvalue weighted by Crippen LogP contribution is -2.13. The summed E-state index contributed by atoms with van der Waals surface area (Å²) in [6, 6.07) is 5.11. The number of rotatable bonds is 3. The van der Waals surface area contributed by atoms with Crippen LogP contribution in [0.25, 0.3) is 0 Å². The van der Waals surface area contributed by atoms with Crippen molar-refractivity contribution in [1.29, 1.82) is 0 Å². The smallest absolute Gasteiger partial charge is 0.260 e. The predicted octanol–water partition coefficient (Wildman–Crippen LogP) is 2.20. The van der Waals surface area contributed by atoms with Crippen molar-refractivity contribution >= 4 is 11.7 Å². The number of hydrogen-bond acceptors (Lipinski definition) is 4. The number of furan rings is 1. The van der Waals surface area contributed by atoms with Crippen LogP contribution in [0.2, 0.25) is 0 Å². The number of nitrogens with one attached hydrogen (secondary N) is 1. The molecule has 1 amide bonds. The fraction of sp³-hybridized carbons (Fsp3) is 0.250. The van der Waals surface area contributed by atoms with Crippen molar-refractivity contribution in [2.45, 2.75) is 18.8 Å². The molecule has 2 heterocycles. The highest BCUT2D eigenvalue weighted by atomic mass is 16.3. The zero-order chi connectivity index (χ0) is 11.7. The third-order valence-electron chi connectivity index (χ3n) is 2.70. The Morgan fingerprint density at radius 1 is 1.41 bits per heavy atom. The highest BCUT2D eigenvalue weighted by molar-refractivity contribution is 6.04. The largest absolute Gasteiger partial charge is 0.468 e. The first-order valence-corrected chi connectivity index (χ1v) is 5.51. The minimum absolute atomic E-state index is 0.193. The second-order valence-electron chi connectivity index (χ2n) is 4.04. The average Bonchev–Trinajstić information content (AvgIpc) is 3.08. The van der Waals surface area contributed by atoms with Crippen LogP contribution < -0.4 is 5.32 Å². The summed E-state index contributed by atoms with van der Waals surface area (Å²) in [5, 5.41) is 10.2. The van der Waals surface area contributed by atoms with Gasteiger partial charge in [0.1, 0.15) is 5.76 Å². The van der Waals surface area contributed by atoms with Gasteiger partial charge in [-0.3, -0.25) is 4.79 Å². The maximum atomic E-state index is 12.0. The molecular formula is C12H11N3O2. The molecule has 0 aromatic carbocycles. The maximum Gasteiger partial charge on any atom is 0.260 e. The average molecular weight is 229 g/mol. The van der Waals surface area contributed by atoms with Crippen molar-refractivity contribution in [2.24, 2.45) is 0 Å². The van der Waals surface area contributed by atoms with Crippen LogP contribution in [0.5, 0.6) is 0 Å². The van der Waals surface area contributed by atoms with Gasteiger partial charge in [-0.25, -0.2) is 0 Å². The Hall–Kier alpha value is -2.17. The highest BCUT2D eigenvalue weighted by Gasteiger charge is 2.31. The van der Waals surface area contributed by atoms with E-state index in [1.54, 1.807) is 30.7 Å². The summed E-state index contributed by atoms with van der Waals surface area (Å²) in [6.45, 7) is 0. The van der Waals surface area contributed by atoms with Crippen LogP contribution in [0.15, 0.2) is 35.1 Å². The number of hydrogen-bond donors (Lipinski definition) is 1. The van der Waals surface area contributed by atoms with E-state index in [-0.39, 0.29) is 5.91 Å². The standard InChI is InChI=1S/C12H11N3O2/c16-12(14-10-2-1-6-13-15-10)9-5-7-17-11(9)8-3-4-8/h1-2,5-8H,3-4H2,(H,14,15,16). The summed E-state index contributed by atoms with van der Waals surface area (Å²) in [6.07, 6.45) is 5.31. The van der Waals surface area contributed by atoms with Gasteiger partial charge in [-0.2, -0.15) is 5.10 Å². The zero-order valence-corrected chi connectivity index (χ0v) is 9.09. The monoisotopic (exact) mass is 229 g/mol. The topological polar surface area (TPSA) is 68.0 Å². The first-order valence-electron chi connectivity index (χ1n) is 5.51. The Kier molecular flexibility index (Phi) is 2.36. The van der Waals surface area contributed by atoms with E-state index in [0.717, 1.165) is 18.6 Å². The van der Waals surface area contributed by atoms with E-state index < -0.39 is 0 Å². The number of nitrogens with zero attached hydrogens (tertiary/aromatic N) is 2. The molecule has 17 heavy (non-hydrogen) atoms. The molecule has 0 saturated heterocycles. The van der Waals surface area contributed by atoms with Crippen LogP contribution in [0, 0.1) is 0 Å². The molecule has 1 aliphatic carbocycles. The summed E-state index contributed by atoms with van der Waals surface area (Å²) in [5.41, 5.74) is 0.596. The Morgan fingerprint density at radius 2 is 2.29 bits per heavy atom. The van der Waals surface area contributed by atoms with E-state index in [1.807, 2.05) is 0 Å². The molecule has 1 fully saturated rings. The maximum absolute atomic E-state index is 12.0. The van der Waals surface area contributed by atoms with Gasteiger partial charge in [-0.1, -0.05) is 0 Å². The Bertz CT molecular complexity index is 532. The second-order valence-corrected chi connectivity index (χ2v) is 4.04. The van der Waals surface area contributed by atoms with Crippen molar-refractivity contribution < 1.29 is 9.21 Å². The van der Waals surface area contributed by atoms with Crippen LogP contribution in [0.1, 0.15) is 34.9 Å². The summed E-state index contributed by atoms with van der Waals surface area (Å²) < 4.78 is 5.35. The molecule has 1 aliphatic rings. The van der Waals surface area contributed by atoms with Crippen LogP contribution in [0.3, 0.4) is 0 Å². The quantitative estimate of drug-likeness (QED) is 0.876. The second kappa shape index (κ2) is 4.01. The number of carbonyl (C=O) groups is 1. The Labute approximate surface area is 97.9 Å². The van der Waals surface area contributed by atoms with E-state index in [4.69, 9.17) is 4.42 Å². The minimum Gasteiger partial charge on any atom is -0.468 e. The van der Waals surface area contributed by atoms with Crippen molar-refractivity contribution in [3.8, 4) is 0 Å². The zero-order valence-electron chi connectivity index (χ0n) is 9.09. The van der Waals surface area contributed by atoms with E-state index in [2.05, 4.69) is 15.5 Å². The molecule has 5 nitrogen and oxygen atoms in total. The first kappa shape index (κ1) is 10.0. The lowest BCUT2D eigenvalue weighted by atomic mass is 10.2. The van der Waals surface area contributed by atoms with Gasteiger partial charge in [-0.05, 0) is 31.0 Å². The van der Waals surface area contributed by atoms with Crippen LogP contribution in [-0.2, 0) is 0 Å². The number of carbonyl (C=O) groups excluding carboxylic acids is 1. The molecule has 2 aromatic heterocycles. The van der Waals surface area contributed by atoms with Gasteiger partial charge < -0.3 is 9.73 Å². The van der Waals surface area contributed by atoms with Crippen molar-refractivity contribution in [3.63, 3.8) is 0 Å². The van der Waals surface area contributed by atoms with Crippen LogP contribution in [-0.4, -0.2) is 16.1 Å². The van der Waals surface area contributed by atoms with Gasteiger partial charge in [0, 0.05) is 12.1 Å². The summed E-state index contributed by atoms with van der Waals surface area (Å²) in [7, 11) is 0. The normalized spacial score (nSPS) is 14.6. The molecule has 5 heteroatoms. The van der Waals surface area contributed by atoms with Gasteiger partial charge in [-0.15, -0.1) is 5.10 Å². The third-order valence-corrected chi connectivity index (χ3v) is 2.70. The van der Waals surface area contributed by atoms with Crippen molar-refractivity contribution in [1.82, 2.24) is 10.2 Å². The van der Waals surface area contributed by atoms with E-state index in [0.29, 0.717) is 17.3 Å². The third kappa shape index (κ3) is 2.04. The molecule has 0 radical (unpaired) electrons. The molecular weight excluding hydrogens is 218 g/mol. The van der Waals surface area contributed by atoms with E-state index >= 15 is 0 Å². The fourth-order valence-corrected chi connectivity index (χ4v) is 1.72. The number of amides is 1. The number of anilines is 1. The van der Waals surface area contributed by atoms with Gasteiger partial charge in [0.15, 0.2) is 5.82 Å². The van der Waals surface area contributed by atoms with Gasteiger partial charge in [0.25, 0.3) is 5.91 Å². The molecule has 2 aromatic rings. The number of aromatic nitrogens is 2. The Morgan fingerprint density at radius 3 is 3.00 bits per heavy atom. The van der Waals surface area contributed by atoms with Gasteiger partial charge >= 0.3 is 0 Å². The molecule has 0 spiro atoms. The summed E-state index contributed by atoms with van der Waals surface area (Å²) >= 11 is 0.